The Hall–Kier alpha value is -2.15. The van der Waals surface area contributed by atoms with Gasteiger partial charge >= 0.3 is 0 Å². The molecule has 2 rings (SSSR count). The van der Waals surface area contributed by atoms with Gasteiger partial charge < -0.3 is 15.8 Å². The molecular formula is C14H19N3O4. The van der Waals surface area contributed by atoms with Crippen molar-refractivity contribution in [2.45, 2.75) is 19.3 Å². The summed E-state index contributed by atoms with van der Waals surface area (Å²) in [5, 5.41) is 13.5. The van der Waals surface area contributed by atoms with Crippen LogP contribution in [-0.4, -0.2) is 24.5 Å². The number of nitrogens with one attached hydrogen (secondary N) is 1. The average molecular weight is 293 g/mol. The first-order chi connectivity index (χ1) is 10.1. The summed E-state index contributed by atoms with van der Waals surface area (Å²) >= 11 is 0. The van der Waals surface area contributed by atoms with E-state index in [0.29, 0.717) is 12.2 Å². The largest absolute Gasteiger partial charge is 0.494 e. The first kappa shape index (κ1) is 15.2. The van der Waals surface area contributed by atoms with Gasteiger partial charge in [-0.3, -0.25) is 14.9 Å². The topological polar surface area (TPSA) is 107 Å². The molecule has 21 heavy (non-hydrogen) atoms. The van der Waals surface area contributed by atoms with Gasteiger partial charge in [0.15, 0.2) is 0 Å². The van der Waals surface area contributed by atoms with E-state index in [2.05, 4.69) is 5.32 Å². The molecule has 0 spiro atoms. The molecule has 1 amide bonds. The number of nitrogens with two attached hydrogens (primary N) is 1. The van der Waals surface area contributed by atoms with Gasteiger partial charge in [-0.15, -0.1) is 0 Å². The van der Waals surface area contributed by atoms with Crippen molar-refractivity contribution in [3.63, 3.8) is 0 Å². The van der Waals surface area contributed by atoms with Crippen molar-refractivity contribution in [1.29, 1.82) is 0 Å². The van der Waals surface area contributed by atoms with Gasteiger partial charge in [0, 0.05) is 12.0 Å². The fourth-order valence-corrected chi connectivity index (χ4v) is 2.79. The molecule has 1 aromatic rings. The molecule has 0 aliphatic heterocycles. The lowest BCUT2D eigenvalue weighted by Crippen LogP contribution is -2.29. The predicted octanol–water partition coefficient (Wildman–Crippen LogP) is 1.92. The fourth-order valence-electron chi connectivity index (χ4n) is 2.79. The van der Waals surface area contributed by atoms with Gasteiger partial charge in [-0.05, 0) is 31.4 Å². The monoisotopic (exact) mass is 293 g/mol. The number of methoxy groups -OCH3 is 1. The zero-order chi connectivity index (χ0) is 15.4. The molecule has 114 valence electrons. The molecule has 1 aliphatic carbocycles. The molecule has 1 fully saturated rings. The minimum atomic E-state index is -0.504. The maximum atomic E-state index is 12.3. The van der Waals surface area contributed by atoms with Gasteiger partial charge in [-0.25, -0.2) is 0 Å². The van der Waals surface area contributed by atoms with Crippen molar-refractivity contribution in [2.75, 3.05) is 19.0 Å². The summed E-state index contributed by atoms with van der Waals surface area (Å²) in [5.41, 5.74) is 6.05. The van der Waals surface area contributed by atoms with E-state index >= 15 is 0 Å². The number of hydrogen-bond acceptors (Lipinski definition) is 5. The number of nitrogens with zero attached hydrogens (tertiary/aromatic N) is 1. The second-order valence-electron chi connectivity index (χ2n) is 5.16. The third-order valence-electron chi connectivity index (χ3n) is 3.95. The van der Waals surface area contributed by atoms with Crippen molar-refractivity contribution in [3.8, 4) is 5.75 Å². The lowest BCUT2D eigenvalue weighted by molar-refractivity contribution is -0.384. The van der Waals surface area contributed by atoms with Crippen LogP contribution in [0, 0.1) is 22.0 Å². The highest BCUT2D eigenvalue weighted by molar-refractivity contribution is 5.94. The number of amides is 1. The molecule has 0 heterocycles. The molecule has 7 heteroatoms. The molecule has 1 saturated carbocycles. The second kappa shape index (κ2) is 6.53. The SMILES string of the molecule is COc1cc([N+](=O)[O-])ccc1NC(=O)C1CCCC1CN. The number of rotatable bonds is 5. The summed E-state index contributed by atoms with van der Waals surface area (Å²) in [6.45, 7) is 0.496. The molecular weight excluding hydrogens is 274 g/mol. The zero-order valence-electron chi connectivity index (χ0n) is 11.9. The van der Waals surface area contributed by atoms with E-state index in [1.807, 2.05) is 0 Å². The number of anilines is 1. The van der Waals surface area contributed by atoms with Crippen LogP contribution < -0.4 is 15.8 Å². The van der Waals surface area contributed by atoms with Crippen LogP contribution in [0.2, 0.25) is 0 Å². The first-order valence-corrected chi connectivity index (χ1v) is 6.90. The highest BCUT2D eigenvalue weighted by Crippen LogP contribution is 2.34. The summed E-state index contributed by atoms with van der Waals surface area (Å²) in [4.78, 5) is 22.6. The Morgan fingerprint density at radius 1 is 1.52 bits per heavy atom. The smallest absolute Gasteiger partial charge is 0.273 e. The Balaban J connectivity index is 2.15. The Bertz CT molecular complexity index is 547. The highest BCUT2D eigenvalue weighted by atomic mass is 16.6. The average Bonchev–Trinajstić information content (AvgIpc) is 2.95. The van der Waals surface area contributed by atoms with E-state index in [0.717, 1.165) is 19.3 Å². The fraction of sp³-hybridized carbons (Fsp3) is 0.500. The standard InChI is InChI=1S/C14H19N3O4/c1-21-13-7-10(17(19)20)5-6-12(13)16-14(18)11-4-2-3-9(11)8-15/h5-7,9,11H,2-4,8,15H2,1H3,(H,16,18). The predicted molar refractivity (Wildman–Crippen MR) is 78.2 cm³/mol. The zero-order valence-corrected chi connectivity index (χ0v) is 11.9. The number of nitro benzene ring substituents is 1. The summed E-state index contributed by atoms with van der Waals surface area (Å²) in [6, 6.07) is 4.12. The molecule has 0 bridgehead atoms. The molecule has 0 radical (unpaired) electrons. The van der Waals surface area contributed by atoms with Gasteiger partial charge in [-0.1, -0.05) is 6.42 Å². The highest BCUT2D eigenvalue weighted by Gasteiger charge is 2.32. The Labute approximate surface area is 122 Å². The second-order valence-corrected chi connectivity index (χ2v) is 5.16. The molecule has 3 N–H and O–H groups in total. The molecule has 0 saturated heterocycles. The molecule has 0 aromatic heterocycles. The molecule has 2 unspecified atom stereocenters. The van der Waals surface area contributed by atoms with Crippen LogP contribution in [0.3, 0.4) is 0 Å². The van der Waals surface area contributed by atoms with Crippen molar-refractivity contribution >= 4 is 17.3 Å². The van der Waals surface area contributed by atoms with Crippen LogP contribution in [0.15, 0.2) is 18.2 Å². The number of benzene rings is 1. The van der Waals surface area contributed by atoms with Gasteiger partial charge in [0.25, 0.3) is 5.69 Å². The lowest BCUT2D eigenvalue weighted by Gasteiger charge is -2.18. The third kappa shape index (κ3) is 3.30. The van der Waals surface area contributed by atoms with Crippen LogP contribution >= 0.6 is 0 Å². The quantitative estimate of drug-likeness (QED) is 0.637. The van der Waals surface area contributed by atoms with Crippen LogP contribution in [0.1, 0.15) is 19.3 Å². The van der Waals surface area contributed by atoms with E-state index in [-0.39, 0.29) is 29.2 Å². The van der Waals surface area contributed by atoms with Crippen LogP contribution in [0.4, 0.5) is 11.4 Å². The summed E-state index contributed by atoms with van der Waals surface area (Å²) in [7, 11) is 1.41. The lowest BCUT2D eigenvalue weighted by atomic mass is 9.95. The third-order valence-corrected chi connectivity index (χ3v) is 3.95. The van der Waals surface area contributed by atoms with E-state index in [9.17, 15) is 14.9 Å². The van der Waals surface area contributed by atoms with Crippen LogP contribution in [-0.2, 0) is 4.79 Å². The number of carbonyl (C=O) groups excluding carboxylic acids is 1. The number of non-ortho nitro benzene ring substituents is 1. The van der Waals surface area contributed by atoms with Crippen molar-refractivity contribution in [3.05, 3.63) is 28.3 Å². The normalized spacial score (nSPS) is 21.0. The van der Waals surface area contributed by atoms with Gasteiger partial charge in [0.2, 0.25) is 5.91 Å². The molecule has 1 aromatic carbocycles. The van der Waals surface area contributed by atoms with Crippen LogP contribution in [0.5, 0.6) is 5.75 Å². The summed E-state index contributed by atoms with van der Waals surface area (Å²) in [5.74, 6) is 0.277. The molecule has 1 aliphatic rings. The maximum absolute atomic E-state index is 12.3. The summed E-state index contributed by atoms with van der Waals surface area (Å²) < 4.78 is 5.11. The van der Waals surface area contributed by atoms with E-state index in [1.54, 1.807) is 0 Å². The Kier molecular flexibility index (Phi) is 4.74. The van der Waals surface area contributed by atoms with Crippen molar-refractivity contribution in [2.24, 2.45) is 17.6 Å². The van der Waals surface area contributed by atoms with Crippen LogP contribution in [0.25, 0.3) is 0 Å². The number of carbonyl (C=O) groups is 1. The van der Waals surface area contributed by atoms with Gasteiger partial charge in [-0.2, -0.15) is 0 Å². The molecule has 2 atom stereocenters. The van der Waals surface area contributed by atoms with E-state index in [4.69, 9.17) is 10.5 Å². The molecule has 7 nitrogen and oxygen atoms in total. The Morgan fingerprint density at radius 2 is 2.29 bits per heavy atom. The first-order valence-electron chi connectivity index (χ1n) is 6.90. The van der Waals surface area contributed by atoms with Crippen molar-refractivity contribution in [1.82, 2.24) is 0 Å². The van der Waals surface area contributed by atoms with Crippen molar-refractivity contribution < 1.29 is 14.5 Å². The Morgan fingerprint density at radius 3 is 2.90 bits per heavy atom. The van der Waals surface area contributed by atoms with Gasteiger partial charge in [0.1, 0.15) is 5.75 Å². The van der Waals surface area contributed by atoms with E-state index in [1.165, 1.54) is 25.3 Å². The number of hydrogen-bond donors (Lipinski definition) is 2. The maximum Gasteiger partial charge on any atom is 0.273 e. The number of ether oxygens (including phenoxy) is 1. The summed E-state index contributed by atoms with van der Waals surface area (Å²) in [6.07, 6.45) is 2.78. The van der Waals surface area contributed by atoms with Gasteiger partial charge in [0.05, 0.1) is 23.8 Å². The minimum absolute atomic E-state index is 0.0782. The minimum Gasteiger partial charge on any atom is -0.494 e. The number of nitro groups is 1. The van der Waals surface area contributed by atoms with E-state index < -0.39 is 4.92 Å².